The van der Waals surface area contributed by atoms with Gasteiger partial charge in [0.15, 0.2) is 0 Å². The third kappa shape index (κ3) is 3.28. The van der Waals surface area contributed by atoms with Gasteiger partial charge in [0.2, 0.25) is 5.72 Å². The zero-order valence-electron chi connectivity index (χ0n) is 9.62. The monoisotopic (exact) mass is 265 g/mol. The predicted octanol–water partition coefficient (Wildman–Crippen LogP) is 0.793. The molecule has 0 bridgehead atoms. The standard InChI is InChI=1S/C11H11N3O3S/c1-9-2-4-10(5-3-9)18(15,16)17-11(14,8-13)6-7-12/h2-5H,6,14H2,1H3. The lowest BCUT2D eigenvalue weighted by Gasteiger charge is -2.18. The molecular formula is C11H11N3O3S. The molecule has 0 amide bonds. The fraction of sp³-hybridized carbons (Fsp3) is 0.273. The molecule has 0 saturated heterocycles. The van der Waals surface area contributed by atoms with Crippen LogP contribution in [0.4, 0.5) is 0 Å². The van der Waals surface area contributed by atoms with Crippen molar-refractivity contribution in [1.82, 2.24) is 0 Å². The number of hydrogen-bond donors (Lipinski definition) is 1. The van der Waals surface area contributed by atoms with Crippen molar-refractivity contribution in [3.05, 3.63) is 29.8 Å². The Bertz CT molecular complexity index is 610. The fourth-order valence-corrected chi connectivity index (χ4v) is 2.21. The van der Waals surface area contributed by atoms with Gasteiger partial charge in [0.25, 0.3) is 10.1 Å². The molecule has 18 heavy (non-hydrogen) atoms. The van der Waals surface area contributed by atoms with E-state index in [0.29, 0.717) is 0 Å². The van der Waals surface area contributed by atoms with E-state index < -0.39 is 22.3 Å². The summed E-state index contributed by atoms with van der Waals surface area (Å²) in [5.74, 6) is 0. The number of nitrogens with two attached hydrogens (primary N) is 1. The first-order chi connectivity index (χ1) is 8.33. The van der Waals surface area contributed by atoms with Crippen LogP contribution in [-0.4, -0.2) is 14.1 Å². The van der Waals surface area contributed by atoms with Crippen molar-refractivity contribution in [2.24, 2.45) is 5.73 Å². The lowest BCUT2D eigenvalue weighted by Crippen LogP contribution is -2.42. The summed E-state index contributed by atoms with van der Waals surface area (Å²) in [6, 6.07) is 8.94. The molecule has 0 saturated carbocycles. The van der Waals surface area contributed by atoms with E-state index >= 15 is 0 Å². The molecule has 0 heterocycles. The summed E-state index contributed by atoms with van der Waals surface area (Å²) in [6.07, 6.45) is -0.547. The van der Waals surface area contributed by atoms with E-state index in [2.05, 4.69) is 4.18 Å². The van der Waals surface area contributed by atoms with E-state index in [9.17, 15) is 8.42 Å². The lowest BCUT2D eigenvalue weighted by molar-refractivity contribution is 0.149. The second kappa shape index (κ2) is 5.15. The van der Waals surface area contributed by atoms with Crippen LogP contribution in [0.5, 0.6) is 0 Å². The van der Waals surface area contributed by atoms with Crippen molar-refractivity contribution in [3.8, 4) is 12.1 Å². The summed E-state index contributed by atoms with van der Waals surface area (Å²) in [5.41, 5.74) is 4.09. The van der Waals surface area contributed by atoms with Gasteiger partial charge in [-0.15, -0.1) is 0 Å². The highest BCUT2D eigenvalue weighted by molar-refractivity contribution is 7.86. The topological polar surface area (TPSA) is 117 Å². The number of hydrogen-bond acceptors (Lipinski definition) is 6. The molecule has 0 aliphatic carbocycles. The van der Waals surface area contributed by atoms with Crippen LogP contribution in [0.3, 0.4) is 0 Å². The Kier molecular flexibility index (Phi) is 4.04. The van der Waals surface area contributed by atoms with Gasteiger partial charge in [-0.1, -0.05) is 17.7 Å². The quantitative estimate of drug-likeness (QED) is 0.635. The number of nitrogens with zero attached hydrogens (tertiary/aromatic N) is 2. The first-order valence-electron chi connectivity index (χ1n) is 4.92. The van der Waals surface area contributed by atoms with Gasteiger partial charge in [0.05, 0.1) is 17.4 Å². The molecule has 1 atom stereocenters. The summed E-state index contributed by atoms with van der Waals surface area (Å²) in [4.78, 5) is -0.115. The third-order valence-electron chi connectivity index (χ3n) is 2.10. The SMILES string of the molecule is Cc1ccc(S(=O)(=O)OC(N)(C#N)CC#N)cc1. The van der Waals surface area contributed by atoms with Crippen molar-refractivity contribution in [1.29, 1.82) is 10.5 Å². The Morgan fingerprint density at radius 3 is 2.33 bits per heavy atom. The summed E-state index contributed by atoms with van der Waals surface area (Å²) in [5, 5.41) is 17.2. The predicted molar refractivity (Wildman–Crippen MR) is 62.2 cm³/mol. The lowest BCUT2D eigenvalue weighted by atomic mass is 10.2. The minimum Gasteiger partial charge on any atom is -0.289 e. The van der Waals surface area contributed by atoms with Gasteiger partial charge in [-0.3, -0.25) is 5.73 Å². The zero-order valence-corrected chi connectivity index (χ0v) is 10.4. The van der Waals surface area contributed by atoms with Crippen LogP contribution in [0.15, 0.2) is 29.2 Å². The average Bonchev–Trinajstić information content (AvgIpc) is 2.29. The maximum absolute atomic E-state index is 11.8. The van der Waals surface area contributed by atoms with E-state index in [0.717, 1.165) is 5.56 Å². The maximum Gasteiger partial charge on any atom is 0.299 e. The van der Waals surface area contributed by atoms with E-state index in [4.69, 9.17) is 16.3 Å². The summed E-state index contributed by atoms with van der Waals surface area (Å²) >= 11 is 0. The molecule has 0 radical (unpaired) electrons. The number of benzene rings is 1. The van der Waals surface area contributed by atoms with Gasteiger partial charge >= 0.3 is 0 Å². The molecule has 0 aromatic heterocycles. The maximum atomic E-state index is 11.8. The molecule has 0 fully saturated rings. The largest absolute Gasteiger partial charge is 0.299 e. The molecule has 94 valence electrons. The Balaban J connectivity index is 3.07. The summed E-state index contributed by atoms with van der Waals surface area (Å²) < 4.78 is 28.3. The minimum absolute atomic E-state index is 0.115. The molecule has 0 spiro atoms. The highest BCUT2D eigenvalue weighted by Crippen LogP contribution is 2.19. The van der Waals surface area contributed by atoms with Crippen molar-refractivity contribution < 1.29 is 12.6 Å². The summed E-state index contributed by atoms with van der Waals surface area (Å²) in [6.45, 7) is 1.80. The zero-order chi connectivity index (χ0) is 13.8. The first kappa shape index (κ1) is 14.1. The van der Waals surface area contributed by atoms with Gasteiger partial charge in [-0.05, 0) is 19.1 Å². The number of aryl methyl sites for hydroxylation is 1. The Morgan fingerprint density at radius 2 is 1.89 bits per heavy atom. The van der Waals surface area contributed by atoms with Gasteiger partial charge in [-0.25, -0.2) is 4.18 Å². The Morgan fingerprint density at radius 1 is 1.33 bits per heavy atom. The molecule has 0 aliphatic heterocycles. The molecule has 1 aromatic rings. The number of rotatable bonds is 4. The second-order valence-corrected chi connectivity index (χ2v) is 5.23. The van der Waals surface area contributed by atoms with Crippen LogP contribution in [0.25, 0.3) is 0 Å². The van der Waals surface area contributed by atoms with Gasteiger partial charge < -0.3 is 0 Å². The van der Waals surface area contributed by atoms with Crippen LogP contribution in [0, 0.1) is 29.6 Å². The molecule has 1 unspecified atom stereocenters. The van der Waals surface area contributed by atoms with Crippen LogP contribution in [0.2, 0.25) is 0 Å². The Hall–Kier alpha value is -1.93. The highest BCUT2D eigenvalue weighted by atomic mass is 32.2. The normalized spacial score (nSPS) is 14.2. The smallest absolute Gasteiger partial charge is 0.289 e. The van der Waals surface area contributed by atoms with Crippen LogP contribution in [-0.2, 0) is 14.3 Å². The van der Waals surface area contributed by atoms with Crippen molar-refractivity contribution in [2.75, 3.05) is 0 Å². The first-order valence-corrected chi connectivity index (χ1v) is 6.33. The molecule has 2 N–H and O–H groups in total. The molecule has 6 nitrogen and oxygen atoms in total. The fourth-order valence-electron chi connectivity index (χ4n) is 1.15. The highest BCUT2D eigenvalue weighted by Gasteiger charge is 2.33. The molecular weight excluding hydrogens is 254 g/mol. The molecule has 7 heteroatoms. The second-order valence-electron chi connectivity index (χ2n) is 3.69. The van der Waals surface area contributed by atoms with Crippen molar-refractivity contribution in [2.45, 2.75) is 24.0 Å². The molecule has 1 aromatic carbocycles. The van der Waals surface area contributed by atoms with Crippen LogP contribution in [0.1, 0.15) is 12.0 Å². The Labute approximate surface area is 105 Å². The van der Waals surface area contributed by atoms with Crippen LogP contribution >= 0.6 is 0 Å². The van der Waals surface area contributed by atoms with Crippen molar-refractivity contribution in [3.63, 3.8) is 0 Å². The molecule has 0 aliphatic rings. The van der Waals surface area contributed by atoms with E-state index in [1.54, 1.807) is 25.1 Å². The number of nitriles is 2. The van der Waals surface area contributed by atoms with Gasteiger partial charge in [0, 0.05) is 0 Å². The summed E-state index contributed by atoms with van der Waals surface area (Å²) in [7, 11) is -4.17. The van der Waals surface area contributed by atoms with Gasteiger partial charge in [-0.2, -0.15) is 18.9 Å². The average molecular weight is 265 g/mol. The van der Waals surface area contributed by atoms with E-state index in [-0.39, 0.29) is 4.90 Å². The molecule has 1 rings (SSSR count). The van der Waals surface area contributed by atoms with E-state index in [1.165, 1.54) is 18.2 Å². The minimum atomic E-state index is -4.17. The van der Waals surface area contributed by atoms with Crippen LogP contribution < -0.4 is 5.73 Å². The van der Waals surface area contributed by atoms with Crippen molar-refractivity contribution >= 4 is 10.1 Å². The van der Waals surface area contributed by atoms with Gasteiger partial charge in [0.1, 0.15) is 6.07 Å². The van der Waals surface area contributed by atoms with E-state index in [1.807, 2.05) is 0 Å². The third-order valence-corrected chi connectivity index (χ3v) is 3.47.